The van der Waals surface area contributed by atoms with Crippen LogP contribution in [-0.2, 0) is 17.4 Å². The molecule has 2 aromatic heterocycles. The molecule has 0 radical (unpaired) electrons. The molecule has 0 aliphatic rings. The molecule has 0 saturated carbocycles. The number of hydrogen-bond donors (Lipinski definition) is 3. The number of fused-ring (bicyclic) bond motifs is 2. The first-order chi connectivity index (χ1) is 18.4. The molecule has 1 atom stereocenters. The van der Waals surface area contributed by atoms with Gasteiger partial charge in [-0.3, -0.25) is 9.59 Å². The van der Waals surface area contributed by atoms with Crippen LogP contribution >= 0.6 is 0 Å². The van der Waals surface area contributed by atoms with E-state index in [2.05, 4.69) is 10.4 Å². The summed E-state index contributed by atoms with van der Waals surface area (Å²) in [5, 5.41) is 18.3. The highest BCUT2D eigenvalue weighted by Crippen LogP contribution is 2.47. The number of carbonyl (C=O) groups excluding carboxylic acids is 2. The van der Waals surface area contributed by atoms with Crippen LogP contribution in [0.3, 0.4) is 0 Å². The van der Waals surface area contributed by atoms with E-state index in [1.807, 2.05) is 0 Å². The number of amides is 2. The van der Waals surface area contributed by atoms with Gasteiger partial charge in [0.15, 0.2) is 0 Å². The van der Waals surface area contributed by atoms with Crippen molar-refractivity contribution in [2.75, 3.05) is 6.54 Å². The third-order valence-corrected chi connectivity index (χ3v) is 6.53. The number of aliphatic hydroxyl groups is 1. The van der Waals surface area contributed by atoms with Crippen molar-refractivity contribution < 1.29 is 32.3 Å². The van der Waals surface area contributed by atoms with Gasteiger partial charge in [-0.15, -0.1) is 0 Å². The highest BCUT2D eigenvalue weighted by Gasteiger charge is 2.57. The highest BCUT2D eigenvalue weighted by atomic mass is 19.4. The molecule has 200 valence electrons. The Morgan fingerprint density at radius 2 is 1.79 bits per heavy atom. The van der Waals surface area contributed by atoms with Crippen LogP contribution in [0.1, 0.15) is 21.5 Å². The molecule has 1 unspecified atom stereocenters. The Balaban J connectivity index is 1.66. The van der Waals surface area contributed by atoms with Crippen LogP contribution in [0.15, 0.2) is 73.1 Å². The average molecular weight is 539 g/mol. The Morgan fingerprint density at radius 3 is 2.46 bits per heavy atom. The standard InChI is InChI=1S/C27H21F4N5O3/c1-35-14-21(19-3-2-4-20(24(19)35)25(38)33-13-23(32)37)26(39,27(29,30)31)16-5-10-22-15(11-16)12-34-36(22)18-8-6-17(28)7-9-18/h2-12,14,39H,13H2,1H3,(H2,32,37)(H,33,38). The number of aromatic nitrogens is 3. The highest BCUT2D eigenvalue weighted by molar-refractivity contribution is 6.07. The van der Waals surface area contributed by atoms with Crippen molar-refractivity contribution >= 4 is 33.6 Å². The van der Waals surface area contributed by atoms with Gasteiger partial charge < -0.3 is 20.7 Å². The minimum atomic E-state index is -5.16. The summed E-state index contributed by atoms with van der Waals surface area (Å²) in [5.41, 5.74) is 1.75. The summed E-state index contributed by atoms with van der Waals surface area (Å²) in [5.74, 6) is -1.94. The molecular weight excluding hydrogens is 518 g/mol. The van der Waals surface area contributed by atoms with Crippen molar-refractivity contribution in [3.63, 3.8) is 0 Å². The monoisotopic (exact) mass is 539 g/mol. The first-order valence-corrected chi connectivity index (χ1v) is 11.6. The molecule has 3 aromatic carbocycles. The van der Waals surface area contributed by atoms with Crippen molar-refractivity contribution in [1.82, 2.24) is 19.7 Å². The number of halogens is 4. The predicted molar refractivity (Wildman–Crippen MR) is 135 cm³/mol. The van der Waals surface area contributed by atoms with Gasteiger partial charge in [-0.25, -0.2) is 9.07 Å². The first-order valence-electron chi connectivity index (χ1n) is 11.6. The second kappa shape index (κ2) is 9.24. The van der Waals surface area contributed by atoms with Gasteiger partial charge in [0, 0.05) is 29.6 Å². The number of para-hydroxylation sites is 1. The fourth-order valence-electron chi connectivity index (χ4n) is 4.72. The average Bonchev–Trinajstić information content (AvgIpc) is 3.47. The van der Waals surface area contributed by atoms with Gasteiger partial charge in [0.1, 0.15) is 5.82 Å². The van der Waals surface area contributed by atoms with Gasteiger partial charge in [-0.1, -0.05) is 18.2 Å². The van der Waals surface area contributed by atoms with E-state index in [0.717, 1.165) is 12.3 Å². The summed E-state index contributed by atoms with van der Waals surface area (Å²) in [4.78, 5) is 23.8. The Kier molecular flexibility index (Phi) is 6.14. The molecule has 5 aromatic rings. The summed E-state index contributed by atoms with van der Waals surface area (Å²) < 4.78 is 60.3. The summed E-state index contributed by atoms with van der Waals surface area (Å²) in [7, 11) is 1.45. The number of nitrogens with two attached hydrogens (primary N) is 1. The zero-order chi connectivity index (χ0) is 28.1. The predicted octanol–water partition coefficient (Wildman–Crippen LogP) is 3.67. The molecule has 8 nitrogen and oxygen atoms in total. The lowest BCUT2D eigenvalue weighted by atomic mass is 9.84. The van der Waals surface area contributed by atoms with E-state index in [4.69, 9.17) is 5.73 Å². The normalized spacial score (nSPS) is 13.5. The molecule has 0 spiro atoms. The Labute approximate surface area is 218 Å². The topological polar surface area (TPSA) is 115 Å². The number of benzene rings is 3. The fourth-order valence-corrected chi connectivity index (χ4v) is 4.72. The number of rotatable bonds is 6. The van der Waals surface area contributed by atoms with Crippen LogP contribution in [0.25, 0.3) is 27.5 Å². The molecule has 0 saturated heterocycles. The molecule has 12 heteroatoms. The van der Waals surface area contributed by atoms with E-state index >= 15 is 0 Å². The van der Waals surface area contributed by atoms with E-state index in [1.54, 1.807) is 0 Å². The molecule has 0 fully saturated rings. The maximum absolute atomic E-state index is 14.7. The Bertz CT molecular complexity index is 1740. The molecule has 0 bridgehead atoms. The van der Waals surface area contributed by atoms with Crippen LogP contribution in [0.2, 0.25) is 0 Å². The summed E-state index contributed by atoms with van der Waals surface area (Å²) in [6, 6.07) is 13.3. The largest absolute Gasteiger partial charge is 0.425 e. The van der Waals surface area contributed by atoms with Crippen LogP contribution < -0.4 is 11.1 Å². The van der Waals surface area contributed by atoms with Gasteiger partial charge in [-0.2, -0.15) is 18.3 Å². The number of carbonyl (C=O) groups is 2. The molecule has 2 amide bonds. The number of aryl methyl sites for hydroxylation is 1. The minimum absolute atomic E-state index is 0.00282. The lowest BCUT2D eigenvalue weighted by molar-refractivity contribution is -0.247. The summed E-state index contributed by atoms with van der Waals surface area (Å²) >= 11 is 0. The number of alkyl halides is 3. The molecule has 2 heterocycles. The van der Waals surface area contributed by atoms with Crippen molar-refractivity contribution in [3.05, 3.63) is 95.6 Å². The van der Waals surface area contributed by atoms with Crippen LogP contribution in [-0.4, -0.2) is 44.0 Å². The third kappa shape index (κ3) is 4.28. The molecular formula is C27H21F4N5O3. The van der Waals surface area contributed by atoms with E-state index in [-0.39, 0.29) is 16.5 Å². The molecule has 4 N–H and O–H groups in total. The molecule has 5 rings (SSSR count). The molecule has 39 heavy (non-hydrogen) atoms. The van der Waals surface area contributed by atoms with E-state index in [0.29, 0.717) is 16.6 Å². The van der Waals surface area contributed by atoms with Gasteiger partial charge in [-0.05, 0) is 48.0 Å². The zero-order valence-corrected chi connectivity index (χ0v) is 20.3. The van der Waals surface area contributed by atoms with Crippen molar-refractivity contribution in [2.45, 2.75) is 11.8 Å². The van der Waals surface area contributed by atoms with E-state index in [9.17, 15) is 32.3 Å². The van der Waals surface area contributed by atoms with Crippen molar-refractivity contribution in [2.24, 2.45) is 12.8 Å². The zero-order valence-electron chi connectivity index (χ0n) is 20.3. The molecule has 0 aliphatic carbocycles. The lowest BCUT2D eigenvalue weighted by Gasteiger charge is -2.31. The van der Waals surface area contributed by atoms with Gasteiger partial charge >= 0.3 is 6.18 Å². The Hall–Kier alpha value is -4.71. The van der Waals surface area contributed by atoms with Crippen molar-refractivity contribution in [1.29, 1.82) is 0 Å². The van der Waals surface area contributed by atoms with Crippen LogP contribution in [0.5, 0.6) is 0 Å². The Morgan fingerprint density at radius 1 is 1.08 bits per heavy atom. The fraction of sp³-hybridized carbons (Fsp3) is 0.148. The number of primary amides is 1. The second-order valence-corrected chi connectivity index (χ2v) is 9.02. The smallest absolute Gasteiger partial charge is 0.372 e. The van der Waals surface area contributed by atoms with E-state index < -0.39 is 47.1 Å². The molecule has 0 aliphatic heterocycles. The van der Waals surface area contributed by atoms with E-state index in [1.165, 1.54) is 77.1 Å². The summed E-state index contributed by atoms with van der Waals surface area (Å²) in [6.07, 6.45) is -2.69. The lowest BCUT2D eigenvalue weighted by Crippen LogP contribution is -2.43. The van der Waals surface area contributed by atoms with Crippen molar-refractivity contribution in [3.8, 4) is 5.69 Å². The summed E-state index contributed by atoms with van der Waals surface area (Å²) in [6.45, 7) is -0.454. The number of nitrogens with one attached hydrogen (secondary N) is 1. The quantitative estimate of drug-likeness (QED) is 0.286. The number of nitrogens with zero attached hydrogens (tertiary/aromatic N) is 3. The maximum atomic E-state index is 14.7. The SMILES string of the molecule is Cn1cc(C(O)(c2ccc3c(cnn3-c3ccc(F)cc3)c2)C(F)(F)F)c2cccc(C(=O)NCC(N)=O)c21. The second-order valence-electron chi connectivity index (χ2n) is 9.02. The maximum Gasteiger partial charge on any atom is 0.425 e. The van der Waals surface area contributed by atoms with Crippen LogP contribution in [0.4, 0.5) is 17.6 Å². The van der Waals surface area contributed by atoms with Gasteiger partial charge in [0.05, 0.1) is 35.0 Å². The minimum Gasteiger partial charge on any atom is -0.372 e. The first kappa shape index (κ1) is 25.9. The van der Waals surface area contributed by atoms with Gasteiger partial charge in [0.25, 0.3) is 5.91 Å². The van der Waals surface area contributed by atoms with Gasteiger partial charge in [0.2, 0.25) is 11.5 Å². The third-order valence-electron chi connectivity index (χ3n) is 6.53. The van der Waals surface area contributed by atoms with Crippen LogP contribution in [0, 0.1) is 5.82 Å². The number of hydrogen-bond acceptors (Lipinski definition) is 4.